The van der Waals surface area contributed by atoms with Crippen molar-refractivity contribution in [2.75, 3.05) is 5.75 Å². The van der Waals surface area contributed by atoms with Crippen molar-refractivity contribution in [3.05, 3.63) is 0 Å². The van der Waals surface area contributed by atoms with Gasteiger partial charge < -0.3 is 5.11 Å². The van der Waals surface area contributed by atoms with Gasteiger partial charge in [-0.25, -0.2) is 13.1 Å². The molecule has 1 aliphatic rings. The maximum atomic E-state index is 11.6. The Morgan fingerprint density at radius 1 is 1.44 bits per heavy atom. The Kier molecular flexibility index (Phi) is 4.73. The van der Waals surface area contributed by atoms with E-state index < -0.39 is 16.0 Å². The second-order valence-corrected chi connectivity index (χ2v) is 6.42. The van der Waals surface area contributed by atoms with Gasteiger partial charge in [-0.2, -0.15) is 0 Å². The lowest BCUT2D eigenvalue weighted by Gasteiger charge is -2.12. The number of carboxylic acid groups (broad SMARTS) is 1. The molecule has 0 saturated heterocycles. The summed E-state index contributed by atoms with van der Waals surface area (Å²) in [5.41, 5.74) is 0. The van der Waals surface area contributed by atoms with Gasteiger partial charge in [0, 0.05) is 12.5 Å². The summed E-state index contributed by atoms with van der Waals surface area (Å²) in [5.74, 6) is -0.471. The van der Waals surface area contributed by atoms with E-state index in [-0.39, 0.29) is 24.6 Å². The number of carbonyl (C=O) groups is 1. The summed E-state index contributed by atoms with van der Waals surface area (Å²) in [6, 6.07) is 0.0461. The zero-order valence-corrected chi connectivity index (χ0v) is 10.3. The minimum atomic E-state index is -3.30. The third kappa shape index (κ3) is 4.94. The molecule has 0 aromatic carbocycles. The topological polar surface area (TPSA) is 83.5 Å². The van der Waals surface area contributed by atoms with E-state index in [9.17, 15) is 13.2 Å². The van der Waals surface area contributed by atoms with Crippen LogP contribution in [0, 0.1) is 5.92 Å². The average Bonchev–Trinajstić information content (AvgIpc) is 2.48. The molecule has 2 N–H and O–H groups in total. The molecule has 0 aromatic rings. The van der Waals surface area contributed by atoms with E-state index in [4.69, 9.17) is 5.11 Å². The van der Waals surface area contributed by atoms with Crippen LogP contribution in [0.5, 0.6) is 0 Å². The summed E-state index contributed by atoms with van der Waals surface area (Å²) in [5, 5.41) is 8.41. The van der Waals surface area contributed by atoms with E-state index in [0.29, 0.717) is 5.92 Å². The van der Waals surface area contributed by atoms with Gasteiger partial charge in [0.1, 0.15) is 0 Å². The fourth-order valence-corrected chi connectivity index (χ4v) is 3.40. The van der Waals surface area contributed by atoms with E-state index in [1.807, 2.05) is 0 Å². The Bertz CT molecular complexity index is 339. The fourth-order valence-electron chi connectivity index (χ4n) is 2.04. The Labute approximate surface area is 96.3 Å². The molecule has 5 nitrogen and oxygen atoms in total. The third-order valence-corrected chi connectivity index (χ3v) is 4.36. The van der Waals surface area contributed by atoms with Crippen molar-refractivity contribution in [3.63, 3.8) is 0 Å². The first kappa shape index (κ1) is 13.4. The molecule has 1 saturated carbocycles. The van der Waals surface area contributed by atoms with Crippen LogP contribution in [0.1, 0.15) is 39.0 Å². The van der Waals surface area contributed by atoms with E-state index in [1.54, 1.807) is 0 Å². The van der Waals surface area contributed by atoms with Crippen LogP contribution < -0.4 is 4.72 Å². The Morgan fingerprint density at radius 3 is 2.62 bits per heavy atom. The van der Waals surface area contributed by atoms with Gasteiger partial charge in [-0.3, -0.25) is 4.79 Å². The van der Waals surface area contributed by atoms with Crippen molar-refractivity contribution >= 4 is 16.0 Å². The molecule has 16 heavy (non-hydrogen) atoms. The highest BCUT2D eigenvalue weighted by Crippen LogP contribution is 2.25. The number of hydrogen-bond acceptors (Lipinski definition) is 3. The van der Waals surface area contributed by atoms with E-state index in [0.717, 1.165) is 19.3 Å². The van der Waals surface area contributed by atoms with Crippen LogP contribution >= 0.6 is 0 Å². The zero-order chi connectivity index (χ0) is 12.2. The van der Waals surface area contributed by atoms with Gasteiger partial charge >= 0.3 is 5.97 Å². The van der Waals surface area contributed by atoms with Crippen molar-refractivity contribution in [2.45, 2.75) is 45.1 Å². The maximum Gasteiger partial charge on any atom is 0.303 e. The highest BCUT2D eigenvalue weighted by Gasteiger charge is 2.25. The molecular weight excluding hydrogens is 230 g/mol. The SMILES string of the molecule is CC1CCC(NS(=O)(=O)CCCC(=O)O)C1. The van der Waals surface area contributed by atoms with Crippen LogP contribution in [0.25, 0.3) is 0 Å². The smallest absolute Gasteiger partial charge is 0.303 e. The normalized spacial score (nSPS) is 25.8. The third-order valence-electron chi connectivity index (χ3n) is 2.84. The van der Waals surface area contributed by atoms with E-state index in [1.165, 1.54) is 0 Å². The lowest BCUT2D eigenvalue weighted by atomic mass is 10.1. The van der Waals surface area contributed by atoms with Gasteiger partial charge in [0.05, 0.1) is 5.75 Å². The number of rotatable bonds is 6. The summed E-state index contributed by atoms with van der Waals surface area (Å²) in [6.45, 7) is 2.11. The summed E-state index contributed by atoms with van der Waals surface area (Å²) >= 11 is 0. The number of hydrogen-bond donors (Lipinski definition) is 2. The molecule has 0 amide bonds. The second-order valence-electron chi connectivity index (χ2n) is 4.55. The lowest BCUT2D eigenvalue weighted by molar-refractivity contribution is -0.137. The van der Waals surface area contributed by atoms with Gasteiger partial charge in [-0.1, -0.05) is 6.92 Å². The molecule has 1 aliphatic carbocycles. The zero-order valence-electron chi connectivity index (χ0n) is 9.48. The van der Waals surface area contributed by atoms with Gasteiger partial charge in [0.2, 0.25) is 10.0 Å². The predicted octanol–water partition coefficient (Wildman–Crippen LogP) is 0.959. The fraction of sp³-hybridized carbons (Fsp3) is 0.900. The molecule has 94 valence electrons. The van der Waals surface area contributed by atoms with Crippen LogP contribution in [0.2, 0.25) is 0 Å². The molecule has 1 fully saturated rings. The number of carboxylic acids is 1. The first-order valence-electron chi connectivity index (χ1n) is 5.61. The van der Waals surface area contributed by atoms with Gasteiger partial charge in [-0.15, -0.1) is 0 Å². The summed E-state index contributed by atoms with van der Waals surface area (Å²) in [7, 11) is -3.30. The standard InChI is InChI=1S/C10H19NO4S/c1-8-4-5-9(7-8)11-16(14,15)6-2-3-10(12)13/h8-9,11H,2-7H2,1H3,(H,12,13). The monoisotopic (exact) mass is 249 g/mol. The first-order chi connectivity index (χ1) is 7.39. The number of nitrogens with one attached hydrogen (secondary N) is 1. The highest BCUT2D eigenvalue weighted by atomic mass is 32.2. The lowest BCUT2D eigenvalue weighted by Crippen LogP contribution is -2.34. The molecule has 0 aliphatic heterocycles. The molecule has 0 aromatic heterocycles. The predicted molar refractivity (Wildman–Crippen MR) is 60.6 cm³/mol. The first-order valence-corrected chi connectivity index (χ1v) is 7.26. The van der Waals surface area contributed by atoms with Crippen molar-refractivity contribution in [3.8, 4) is 0 Å². The molecule has 0 radical (unpaired) electrons. The van der Waals surface area contributed by atoms with Crippen molar-refractivity contribution in [1.82, 2.24) is 4.72 Å². The molecule has 0 bridgehead atoms. The minimum absolute atomic E-state index is 0.0461. The quantitative estimate of drug-likeness (QED) is 0.734. The summed E-state index contributed by atoms with van der Waals surface area (Å²) in [6.07, 6.45) is 2.91. The summed E-state index contributed by atoms with van der Waals surface area (Å²) in [4.78, 5) is 10.3. The molecule has 6 heteroatoms. The van der Waals surface area contributed by atoms with Crippen LogP contribution in [0.3, 0.4) is 0 Å². The van der Waals surface area contributed by atoms with Crippen molar-refractivity contribution < 1.29 is 18.3 Å². The molecule has 0 spiro atoms. The average molecular weight is 249 g/mol. The van der Waals surface area contributed by atoms with Crippen LogP contribution in [0.15, 0.2) is 0 Å². The maximum absolute atomic E-state index is 11.6. The molecular formula is C10H19NO4S. The summed E-state index contributed by atoms with van der Waals surface area (Å²) < 4.78 is 25.8. The minimum Gasteiger partial charge on any atom is -0.481 e. The van der Waals surface area contributed by atoms with Gasteiger partial charge in [0.25, 0.3) is 0 Å². The van der Waals surface area contributed by atoms with E-state index in [2.05, 4.69) is 11.6 Å². The van der Waals surface area contributed by atoms with Crippen LogP contribution in [-0.2, 0) is 14.8 Å². The molecule has 0 heterocycles. The van der Waals surface area contributed by atoms with Gasteiger partial charge in [0.15, 0.2) is 0 Å². The van der Waals surface area contributed by atoms with Gasteiger partial charge in [-0.05, 0) is 31.6 Å². The number of sulfonamides is 1. The molecule has 2 atom stereocenters. The van der Waals surface area contributed by atoms with E-state index >= 15 is 0 Å². The highest BCUT2D eigenvalue weighted by molar-refractivity contribution is 7.89. The van der Waals surface area contributed by atoms with Crippen LogP contribution in [-0.4, -0.2) is 31.3 Å². The van der Waals surface area contributed by atoms with Crippen LogP contribution in [0.4, 0.5) is 0 Å². The van der Waals surface area contributed by atoms with Crippen molar-refractivity contribution in [2.24, 2.45) is 5.92 Å². The Balaban J connectivity index is 2.31. The Morgan fingerprint density at radius 2 is 2.12 bits per heavy atom. The van der Waals surface area contributed by atoms with Crippen molar-refractivity contribution in [1.29, 1.82) is 0 Å². The Hall–Kier alpha value is -0.620. The second kappa shape index (κ2) is 5.63. The number of aliphatic carboxylic acids is 1. The largest absolute Gasteiger partial charge is 0.481 e. The molecule has 2 unspecified atom stereocenters. The molecule has 1 rings (SSSR count).